The molecule has 1 aliphatic rings. The highest BCUT2D eigenvalue weighted by atomic mass is 16.5. The molecule has 0 saturated carbocycles. The summed E-state index contributed by atoms with van der Waals surface area (Å²) < 4.78 is 5.77. The van der Waals surface area contributed by atoms with Crippen molar-refractivity contribution >= 4 is 5.82 Å². The van der Waals surface area contributed by atoms with Crippen LogP contribution >= 0.6 is 0 Å². The molecule has 1 aromatic rings. The van der Waals surface area contributed by atoms with E-state index < -0.39 is 0 Å². The lowest BCUT2D eigenvalue weighted by Crippen LogP contribution is -2.49. The molecule has 2 rings (SSSR count). The average Bonchev–Trinajstić information content (AvgIpc) is 2.37. The Bertz CT molecular complexity index is 410. The summed E-state index contributed by atoms with van der Waals surface area (Å²) in [6.45, 7) is 10.9. The summed E-state index contributed by atoms with van der Waals surface area (Å²) in [7, 11) is 0. The van der Waals surface area contributed by atoms with E-state index in [1.807, 2.05) is 6.20 Å². The molecule has 106 valence electrons. The normalized spacial score (nSPS) is 24.6. The van der Waals surface area contributed by atoms with Gasteiger partial charge in [-0.1, -0.05) is 26.8 Å². The van der Waals surface area contributed by atoms with Gasteiger partial charge in [-0.2, -0.15) is 0 Å². The maximum absolute atomic E-state index is 5.77. The van der Waals surface area contributed by atoms with Crippen LogP contribution in [0.1, 0.15) is 33.3 Å². The van der Waals surface area contributed by atoms with E-state index in [4.69, 9.17) is 10.5 Å². The molecule has 1 fully saturated rings. The van der Waals surface area contributed by atoms with Gasteiger partial charge in [-0.15, -0.1) is 0 Å². The minimum Gasteiger partial charge on any atom is -0.370 e. The first-order valence-corrected chi connectivity index (χ1v) is 6.97. The van der Waals surface area contributed by atoms with Crippen LogP contribution < -0.4 is 10.6 Å². The molecule has 0 aliphatic carbocycles. The lowest BCUT2D eigenvalue weighted by molar-refractivity contribution is -0.0107. The number of anilines is 1. The summed E-state index contributed by atoms with van der Waals surface area (Å²) in [4.78, 5) is 6.86. The summed E-state index contributed by atoms with van der Waals surface area (Å²) in [5.41, 5.74) is 7.11. The van der Waals surface area contributed by atoms with Crippen LogP contribution in [0.5, 0.6) is 0 Å². The Balaban J connectivity index is 2.13. The molecule has 2 unspecified atom stereocenters. The zero-order chi connectivity index (χ0) is 14.0. The third-order valence-electron chi connectivity index (χ3n) is 3.53. The third kappa shape index (κ3) is 3.45. The number of aromatic nitrogens is 1. The molecule has 1 saturated heterocycles. The highest BCUT2D eigenvalue weighted by Gasteiger charge is 2.25. The fourth-order valence-corrected chi connectivity index (χ4v) is 2.38. The smallest absolute Gasteiger partial charge is 0.128 e. The zero-order valence-corrected chi connectivity index (χ0v) is 12.4. The van der Waals surface area contributed by atoms with E-state index in [0.29, 0.717) is 6.54 Å². The lowest BCUT2D eigenvalue weighted by Gasteiger charge is -2.37. The Labute approximate surface area is 116 Å². The van der Waals surface area contributed by atoms with Gasteiger partial charge in [0, 0.05) is 25.8 Å². The second kappa shape index (κ2) is 5.47. The molecule has 0 bridgehead atoms. The molecular formula is C15H25N3O. The summed E-state index contributed by atoms with van der Waals surface area (Å²) in [5, 5.41) is 0. The predicted octanol–water partition coefficient (Wildman–Crippen LogP) is 1.93. The Morgan fingerprint density at radius 2 is 2.11 bits per heavy atom. The van der Waals surface area contributed by atoms with Crippen LogP contribution in [0.15, 0.2) is 18.3 Å². The lowest BCUT2D eigenvalue weighted by atomic mass is 9.88. The van der Waals surface area contributed by atoms with Gasteiger partial charge in [0.2, 0.25) is 0 Å². The van der Waals surface area contributed by atoms with E-state index in [2.05, 4.69) is 49.7 Å². The van der Waals surface area contributed by atoms with Gasteiger partial charge in [0.25, 0.3) is 0 Å². The van der Waals surface area contributed by atoms with Gasteiger partial charge in [-0.25, -0.2) is 4.98 Å². The predicted molar refractivity (Wildman–Crippen MR) is 78.5 cm³/mol. The molecule has 0 spiro atoms. The highest BCUT2D eigenvalue weighted by Crippen LogP contribution is 2.24. The molecule has 4 nitrogen and oxygen atoms in total. The van der Waals surface area contributed by atoms with Crippen LogP contribution in [-0.2, 0) is 10.2 Å². The second-order valence-corrected chi connectivity index (χ2v) is 6.36. The van der Waals surface area contributed by atoms with Crippen molar-refractivity contribution in [2.75, 3.05) is 24.5 Å². The van der Waals surface area contributed by atoms with E-state index in [-0.39, 0.29) is 17.6 Å². The van der Waals surface area contributed by atoms with Gasteiger partial charge in [0.15, 0.2) is 0 Å². The van der Waals surface area contributed by atoms with Crippen LogP contribution in [0.25, 0.3) is 0 Å². The van der Waals surface area contributed by atoms with Gasteiger partial charge in [0.05, 0.1) is 12.2 Å². The van der Waals surface area contributed by atoms with Crippen molar-refractivity contribution in [3.8, 4) is 0 Å². The van der Waals surface area contributed by atoms with Gasteiger partial charge < -0.3 is 15.4 Å². The van der Waals surface area contributed by atoms with Crippen molar-refractivity contribution in [2.45, 2.75) is 45.3 Å². The van der Waals surface area contributed by atoms with E-state index in [0.717, 1.165) is 18.9 Å². The van der Waals surface area contributed by atoms with Crippen LogP contribution in [0.4, 0.5) is 5.82 Å². The Hall–Kier alpha value is -1.13. The maximum Gasteiger partial charge on any atom is 0.128 e. The first-order valence-electron chi connectivity index (χ1n) is 6.97. The number of morpholine rings is 1. The quantitative estimate of drug-likeness (QED) is 0.886. The molecule has 0 aromatic carbocycles. The van der Waals surface area contributed by atoms with Crippen LogP contribution in [0.3, 0.4) is 0 Å². The minimum atomic E-state index is 0.104. The van der Waals surface area contributed by atoms with E-state index >= 15 is 0 Å². The zero-order valence-electron chi connectivity index (χ0n) is 12.4. The van der Waals surface area contributed by atoms with Gasteiger partial charge in [-0.3, -0.25) is 0 Å². The Morgan fingerprint density at radius 3 is 2.63 bits per heavy atom. The minimum absolute atomic E-state index is 0.104. The van der Waals surface area contributed by atoms with Crippen LogP contribution in [0.2, 0.25) is 0 Å². The van der Waals surface area contributed by atoms with E-state index in [1.165, 1.54) is 5.56 Å². The number of ether oxygens (including phenoxy) is 1. The summed E-state index contributed by atoms with van der Waals surface area (Å²) in [6, 6.07) is 4.27. The molecule has 2 heterocycles. The molecule has 2 atom stereocenters. The van der Waals surface area contributed by atoms with Gasteiger partial charge in [-0.05, 0) is 24.0 Å². The van der Waals surface area contributed by atoms with E-state index in [9.17, 15) is 0 Å². The first kappa shape index (κ1) is 14.3. The molecule has 1 aliphatic heterocycles. The van der Waals surface area contributed by atoms with Crippen molar-refractivity contribution in [3.05, 3.63) is 23.9 Å². The number of nitrogens with two attached hydrogens (primary N) is 1. The van der Waals surface area contributed by atoms with Crippen molar-refractivity contribution in [3.63, 3.8) is 0 Å². The summed E-state index contributed by atoms with van der Waals surface area (Å²) in [5.74, 6) is 1.02. The fourth-order valence-electron chi connectivity index (χ4n) is 2.38. The van der Waals surface area contributed by atoms with Crippen molar-refractivity contribution in [2.24, 2.45) is 5.73 Å². The number of nitrogens with zero attached hydrogens (tertiary/aromatic N) is 2. The second-order valence-electron chi connectivity index (χ2n) is 6.36. The highest BCUT2D eigenvalue weighted by molar-refractivity contribution is 5.41. The SMILES string of the molecule is CC1CN(c2ccc(C(C)(C)C)cn2)CC(CN)O1. The summed E-state index contributed by atoms with van der Waals surface area (Å²) >= 11 is 0. The Morgan fingerprint density at radius 1 is 1.37 bits per heavy atom. The standard InChI is InChI=1S/C15H25N3O/c1-11-9-18(10-13(7-16)19-11)14-6-5-12(8-17-14)15(2,3)4/h5-6,8,11,13H,7,9-10,16H2,1-4H3. The molecule has 19 heavy (non-hydrogen) atoms. The largest absolute Gasteiger partial charge is 0.370 e. The third-order valence-corrected chi connectivity index (χ3v) is 3.53. The molecule has 1 aromatic heterocycles. The van der Waals surface area contributed by atoms with Gasteiger partial charge >= 0.3 is 0 Å². The summed E-state index contributed by atoms with van der Waals surface area (Å²) in [6.07, 6.45) is 2.28. The first-order chi connectivity index (χ1) is 8.90. The Kier molecular flexibility index (Phi) is 4.11. The molecule has 2 N–H and O–H groups in total. The number of hydrogen-bond acceptors (Lipinski definition) is 4. The number of pyridine rings is 1. The van der Waals surface area contributed by atoms with Crippen molar-refractivity contribution < 1.29 is 4.74 Å². The number of hydrogen-bond donors (Lipinski definition) is 1. The van der Waals surface area contributed by atoms with Crippen molar-refractivity contribution in [1.82, 2.24) is 4.98 Å². The maximum atomic E-state index is 5.77. The van der Waals surface area contributed by atoms with Gasteiger partial charge in [0.1, 0.15) is 5.82 Å². The molecule has 4 heteroatoms. The topological polar surface area (TPSA) is 51.4 Å². The van der Waals surface area contributed by atoms with E-state index in [1.54, 1.807) is 0 Å². The average molecular weight is 263 g/mol. The van der Waals surface area contributed by atoms with Crippen molar-refractivity contribution in [1.29, 1.82) is 0 Å². The van der Waals surface area contributed by atoms with Crippen LogP contribution in [0, 0.1) is 0 Å². The van der Waals surface area contributed by atoms with Crippen LogP contribution in [-0.4, -0.2) is 36.8 Å². The molecular weight excluding hydrogens is 238 g/mol. The fraction of sp³-hybridized carbons (Fsp3) is 0.667. The monoisotopic (exact) mass is 263 g/mol. The molecule has 0 amide bonds. The molecule has 0 radical (unpaired) electrons. The number of rotatable bonds is 2.